The van der Waals surface area contributed by atoms with Crippen LogP contribution in [-0.4, -0.2) is 6.54 Å². The molecule has 1 N–H and O–H groups in total. The van der Waals surface area contributed by atoms with Crippen molar-refractivity contribution >= 4 is 0 Å². The zero-order valence-corrected chi connectivity index (χ0v) is 11.2. The summed E-state index contributed by atoms with van der Waals surface area (Å²) in [6.45, 7) is 9.24. The molecular weight excluding hydrogens is 198 g/mol. The molecule has 0 saturated carbocycles. The predicted molar refractivity (Wildman–Crippen MR) is 72.2 cm³/mol. The fraction of sp³-hybridized carbons (Fsp3) is 0.714. The van der Waals surface area contributed by atoms with Gasteiger partial charge in [0.1, 0.15) is 0 Å². The lowest BCUT2D eigenvalue weighted by Gasteiger charge is -2.13. The van der Waals surface area contributed by atoms with Gasteiger partial charge in [-0.3, -0.25) is 0 Å². The molecule has 0 atom stereocenters. The van der Waals surface area contributed by atoms with E-state index < -0.39 is 0 Å². The second-order valence-corrected chi connectivity index (χ2v) is 4.40. The Balaban J connectivity index is 3.98. The molecule has 0 aromatic heterocycles. The Morgan fingerprint density at radius 3 is 2.31 bits per heavy atom. The summed E-state index contributed by atoms with van der Waals surface area (Å²) in [5.41, 5.74) is 4.69. The maximum atomic E-state index is 10.1. The zero-order chi connectivity index (χ0) is 12.4. The lowest BCUT2D eigenvalue weighted by molar-refractivity contribution is 0.569. The minimum absolute atomic E-state index is 0.432. The summed E-state index contributed by atoms with van der Waals surface area (Å²) in [6, 6.07) is 0. The van der Waals surface area contributed by atoms with Gasteiger partial charge >= 0.3 is 0 Å². The normalized spacial score (nSPS) is 13.6. The predicted octanol–water partition coefficient (Wildman–Crippen LogP) is 4.18. The van der Waals surface area contributed by atoms with Gasteiger partial charge in [-0.2, -0.15) is 0 Å². The second-order valence-electron chi connectivity index (χ2n) is 4.40. The van der Waals surface area contributed by atoms with E-state index in [0.717, 1.165) is 18.8 Å². The Morgan fingerprint density at radius 1 is 1.19 bits per heavy atom. The molecule has 94 valence electrons. The minimum Gasteiger partial charge on any atom is -0.788 e. The molecule has 0 aliphatic carbocycles. The molecule has 16 heavy (non-hydrogen) atoms. The summed E-state index contributed by atoms with van der Waals surface area (Å²) in [6.07, 6.45) is 8.91. The molecule has 0 heterocycles. The quantitative estimate of drug-likeness (QED) is 0.496. The summed E-state index contributed by atoms with van der Waals surface area (Å²) < 4.78 is 0. The Kier molecular flexibility index (Phi) is 9.25. The van der Waals surface area contributed by atoms with Gasteiger partial charge in [-0.15, -0.1) is 0 Å². The van der Waals surface area contributed by atoms with E-state index in [4.69, 9.17) is 0 Å². The number of allylic oxidation sites excluding steroid dienone is 3. The molecule has 2 heteroatoms. The first-order valence-electron chi connectivity index (χ1n) is 6.32. The van der Waals surface area contributed by atoms with Crippen molar-refractivity contribution in [2.75, 3.05) is 6.54 Å². The number of rotatable bonds is 8. The number of hydrogen-bond donors (Lipinski definition) is 1. The van der Waals surface area contributed by atoms with E-state index in [1.807, 2.05) is 11.6 Å². The summed E-state index contributed by atoms with van der Waals surface area (Å²) in [7, 11) is 0. The second kappa shape index (κ2) is 9.61. The smallest absolute Gasteiger partial charge is 0.00197 e. The van der Waals surface area contributed by atoms with E-state index in [1.54, 1.807) is 0 Å². The highest BCUT2D eigenvalue weighted by atomic mass is 16.5. The van der Waals surface area contributed by atoms with Crippen LogP contribution in [0.15, 0.2) is 23.3 Å². The molecule has 0 aromatic carbocycles. The van der Waals surface area contributed by atoms with Crippen molar-refractivity contribution in [2.24, 2.45) is 5.92 Å². The van der Waals surface area contributed by atoms with Gasteiger partial charge in [0.05, 0.1) is 0 Å². The van der Waals surface area contributed by atoms with Crippen molar-refractivity contribution in [1.82, 2.24) is 5.48 Å². The van der Waals surface area contributed by atoms with E-state index in [2.05, 4.69) is 33.8 Å². The van der Waals surface area contributed by atoms with Crippen molar-refractivity contribution in [1.29, 1.82) is 0 Å². The Morgan fingerprint density at radius 2 is 1.81 bits per heavy atom. The fourth-order valence-electron chi connectivity index (χ4n) is 1.94. The molecule has 0 aromatic rings. The summed E-state index contributed by atoms with van der Waals surface area (Å²) in [5, 5.41) is 10.1. The summed E-state index contributed by atoms with van der Waals surface area (Å²) in [5.74, 6) is 0.743. The molecule has 0 amide bonds. The van der Waals surface area contributed by atoms with Gasteiger partial charge in [-0.1, -0.05) is 37.1 Å². The Hall–Kier alpha value is -0.600. The number of nitrogens with one attached hydrogen (secondary N) is 1. The van der Waals surface area contributed by atoms with Gasteiger partial charge in [0, 0.05) is 6.54 Å². The van der Waals surface area contributed by atoms with Crippen LogP contribution in [0.5, 0.6) is 0 Å². The average molecular weight is 224 g/mol. The van der Waals surface area contributed by atoms with Crippen molar-refractivity contribution < 1.29 is 0 Å². The molecule has 0 aliphatic rings. The van der Waals surface area contributed by atoms with Crippen LogP contribution < -0.4 is 5.48 Å². The van der Waals surface area contributed by atoms with Crippen LogP contribution >= 0.6 is 0 Å². The van der Waals surface area contributed by atoms with Crippen LogP contribution in [0.25, 0.3) is 0 Å². The average Bonchev–Trinajstić information content (AvgIpc) is 2.28. The van der Waals surface area contributed by atoms with Crippen LogP contribution in [0.4, 0.5) is 0 Å². The van der Waals surface area contributed by atoms with Crippen LogP contribution in [0.1, 0.15) is 53.4 Å². The van der Waals surface area contributed by atoms with Crippen molar-refractivity contribution in [3.63, 3.8) is 0 Å². The maximum Gasteiger partial charge on any atom is 0.00197 e. The molecule has 0 radical (unpaired) electrons. The molecule has 0 saturated heterocycles. The van der Waals surface area contributed by atoms with E-state index in [1.165, 1.54) is 24.0 Å². The third-order valence-electron chi connectivity index (χ3n) is 3.17. The van der Waals surface area contributed by atoms with Crippen LogP contribution in [-0.2, 0) is 0 Å². The standard InChI is InChI=1S/C14H26NO/c1-5-14(6-2)13(4)9-7-8-12(3)10-11-15-16/h9-10,14-15H,5-8,11H2,1-4H3/q-1/b12-10+,13-9?. The van der Waals surface area contributed by atoms with Gasteiger partial charge in [0.25, 0.3) is 0 Å². The van der Waals surface area contributed by atoms with Crippen LogP contribution in [0.3, 0.4) is 0 Å². The largest absolute Gasteiger partial charge is 0.788 e. The van der Waals surface area contributed by atoms with E-state index in [-0.39, 0.29) is 0 Å². The topological polar surface area (TPSA) is 35.1 Å². The molecule has 0 fully saturated rings. The fourth-order valence-corrected chi connectivity index (χ4v) is 1.94. The Bertz CT molecular complexity index is 227. The third-order valence-corrected chi connectivity index (χ3v) is 3.17. The summed E-state index contributed by atoms with van der Waals surface area (Å²) >= 11 is 0. The van der Waals surface area contributed by atoms with E-state index in [0.29, 0.717) is 6.54 Å². The van der Waals surface area contributed by atoms with Gasteiger partial charge in [0.2, 0.25) is 0 Å². The van der Waals surface area contributed by atoms with E-state index in [9.17, 15) is 5.21 Å². The Labute approximate surface area is 100 Å². The van der Waals surface area contributed by atoms with Crippen molar-refractivity contribution in [3.8, 4) is 0 Å². The lowest BCUT2D eigenvalue weighted by Crippen LogP contribution is -2.02. The first-order valence-corrected chi connectivity index (χ1v) is 6.32. The zero-order valence-electron chi connectivity index (χ0n) is 11.2. The molecule has 0 rings (SSSR count). The number of hydroxylamine groups is 1. The van der Waals surface area contributed by atoms with Crippen molar-refractivity contribution in [2.45, 2.75) is 53.4 Å². The first kappa shape index (κ1) is 15.4. The highest BCUT2D eigenvalue weighted by Gasteiger charge is 2.04. The molecular formula is C14H26NO-. The van der Waals surface area contributed by atoms with Crippen LogP contribution in [0.2, 0.25) is 0 Å². The first-order chi connectivity index (χ1) is 7.65. The monoisotopic (exact) mass is 224 g/mol. The maximum absolute atomic E-state index is 10.1. The number of hydrogen-bond acceptors (Lipinski definition) is 2. The van der Waals surface area contributed by atoms with E-state index >= 15 is 0 Å². The molecule has 0 aliphatic heterocycles. The van der Waals surface area contributed by atoms with Gasteiger partial charge in [0.15, 0.2) is 0 Å². The van der Waals surface area contributed by atoms with Gasteiger partial charge in [-0.25, -0.2) is 0 Å². The molecule has 2 nitrogen and oxygen atoms in total. The molecule has 0 unspecified atom stereocenters. The highest BCUT2D eigenvalue weighted by Crippen LogP contribution is 2.19. The van der Waals surface area contributed by atoms with Gasteiger partial charge in [-0.05, 0) is 45.4 Å². The minimum atomic E-state index is 0.432. The lowest BCUT2D eigenvalue weighted by atomic mass is 9.93. The van der Waals surface area contributed by atoms with Crippen molar-refractivity contribution in [3.05, 3.63) is 28.5 Å². The third kappa shape index (κ3) is 6.81. The molecule has 0 spiro atoms. The highest BCUT2D eigenvalue weighted by molar-refractivity contribution is 5.06. The SMILES string of the molecule is CCC(CC)C(C)=CCC/C(C)=C/CN[O-]. The van der Waals surface area contributed by atoms with Crippen LogP contribution in [0, 0.1) is 11.1 Å². The molecule has 0 bridgehead atoms. The van der Waals surface area contributed by atoms with Gasteiger partial charge < -0.3 is 10.7 Å². The summed E-state index contributed by atoms with van der Waals surface area (Å²) in [4.78, 5) is 0.